The van der Waals surface area contributed by atoms with Gasteiger partial charge in [-0.25, -0.2) is 9.37 Å². The predicted octanol–water partition coefficient (Wildman–Crippen LogP) is 3.19. The molecule has 3 rings (SSSR count). The molecule has 0 saturated carbocycles. The molecule has 8 heteroatoms. The van der Waals surface area contributed by atoms with Gasteiger partial charge in [0, 0.05) is 17.8 Å². The maximum atomic E-state index is 13.5. The molecule has 2 heterocycles. The van der Waals surface area contributed by atoms with Crippen LogP contribution in [0.3, 0.4) is 0 Å². The maximum absolute atomic E-state index is 13.5. The first-order valence-corrected chi connectivity index (χ1v) is 9.80. The van der Waals surface area contributed by atoms with E-state index in [2.05, 4.69) is 10.3 Å². The van der Waals surface area contributed by atoms with Crippen molar-refractivity contribution in [2.75, 3.05) is 6.61 Å². The number of nitrogens with zero attached hydrogens (tertiary/aromatic N) is 2. The molecule has 0 aliphatic heterocycles. The Morgan fingerprint density at radius 3 is 2.86 bits per heavy atom. The topological polar surface area (TPSA) is 73.2 Å². The van der Waals surface area contributed by atoms with E-state index in [1.807, 2.05) is 13.8 Å². The first-order chi connectivity index (χ1) is 13.4. The number of aryl methyl sites for hydroxylation is 3. The highest BCUT2D eigenvalue weighted by molar-refractivity contribution is 7.18. The highest BCUT2D eigenvalue weighted by Gasteiger charge is 2.14. The Morgan fingerprint density at radius 1 is 1.36 bits per heavy atom. The summed E-state index contributed by atoms with van der Waals surface area (Å²) in [5, 5.41) is 3.41. The third-order valence-electron chi connectivity index (χ3n) is 4.47. The molecule has 1 atom stereocenters. The second-order valence-electron chi connectivity index (χ2n) is 6.67. The van der Waals surface area contributed by atoms with Gasteiger partial charge >= 0.3 is 0 Å². The molecule has 1 N–H and O–H groups in total. The number of para-hydroxylation sites is 1. The van der Waals surface area contributed by atoms with Crippen LogP contribution in [0.25, 0.3) is 10.2 Å². The van der Waals surface area contributed by atoms with Crippen molar-refractivity contribution in [3.63, 3.8) is 0 Å². The monoisotopic (exact) mass is 403 g/mol. The number of thiophene rings is 1. The summed E-state index contributed by atoms with van der Waals surface area (Å²) in [6, 6.07) is 5.82. The molecule has 0 saturated heterocycles. The lowest BCUT2D eigenvalue weighted by atomic mass is 10.2. The van der Waals surface area contributed by atoms with Gasteiger partial charge < -0.3 is 10.1 Å². The van der Waals surface area contributed by atoms with Crippen molar-refractivity contribution in [1.82, 2.24) is 14.9 Å². The lowest BCUT2D eigenvalue weighted by Crippen LogP contribution is -2.37. The third kappa shape index (κ3) is 4.39. The number of carbonyl (C=O) groups is 1. The summed E-state index contributed by atoms with van der Waals surface area (Å²) in [6.45, 7) is 6.03. The number of hydrogen-bond donors (Lipinski definition) is 1. The van der Waals surface area contributed by atoms with Crippen LogP contribution >= 0.6 is 11.3 Å². The molecule has 1 aromatic carbocycles. The van der Waals surface area contributed by atoms with Crippen molar-refractivity contribution in [3.05, 3.63) is 57.2 Å². The second-order valence-corrected chi connectivity index (χ2v) is 7.87. The van der Waals surface area contributed by atoms with Gasteiger partial charge in [-0.05, 0) is 38.5 Å². The Kier molecular flexibility index (Phi) is 6.08. The van der Waals surface area contributed by atoms with Crippen LogP contribution in [0.5, 0.6) is 5.75 Å². The average Bonchev–Trinajstić information content (AvgIpc) is 2.95. The molecule has 0 bridgehead atoms. The summed E-state index contributed by atoms with van der Waals surface area (Å²) in [5.41, 5.74) is 0.811. The van der Waals surface area contributed by atoms with Crippen LogP contribution in [0.1, 0.15) is 23.8 Å². The van der Waals surface area contributed by atoms with Gasteiger partial charge in [-0.2, -0.15) is 0 Å². The van der Waals surface area contributed by atoms with Gasteiger partial charge in [0.25, 0.3) is 5.56 Å². The molecule has 28 heavy (non-hydrogen) atoms. The minimum Gasteiger partial charge on any atom is -0.488 e. The van der Waals surface area contributed by atoms with Crippen molar-refractivity contribution in [1.29, 1.82) is 0 Å². The van der Waals surface area contributed by atoms with E-state index in [4.69, 9.17) is 4.74 Å². The fourth-order valence-electron chi connectivity index (χ4n) is 2.82. The number of benzene rings is 1. The molecule has 3 aromatic rings. The molecule has 0 spiro atoms. The van der Waals surface area contributed by atoms with E-state index in [1.54, 1.807) is 19.1 Å². The number of fused-ring (bicyclic) bond motifs is 1. The van der Waals surface area contributed by atoms with Crippen molar-refractivity contribution in [2.45, 2.75) is 39.8 Å². The standard InChI is InChI=1S/C20H22FN3O3S/c1-12(10-27-16-7-5-4-6-15(16)21)23-17(25)8-9-24-11-22-19-18(20(24)26)13(2)14(3)28-19/h4-7,11-12H,8-10H2,1-3H3,(H,23,25). The van der Waals surface area contributed by atoms with Gasteiger partial charge in [-0.1, -0.05) is 12.1 Å². The van der Waals surface area contributed by atoms with Crippen LogP contribution in [0.2, 0.25) is 0 Å². The molecular formula is C20H22FN3O3S. The van der Waals surface area contributed by atoms with Gasteiger partial charge in [0.1, 0.15) is 11.4 Å². The molecule has 0 aliphatic carbocycles. The van der Waals surface area contributed by atoms with E-state index in [9.17, 15) is 14.0 Å². The molecule has 0 aliphatic rings. The quantitative estimate of drug-likeness (QED) is 0.658. The number of hydrogen-bond acceptors (Lipinski definition) is 5. The molecule has 2 aromatic heterocycles. The Labute approximate surface area is 166 Å². The number of carbonyl (C=O) groups excluding carboxylic acids is 1. The number of rotatable bonds is 7. The molecule has 1 amide bonds. The van der Waals surface area contributed by atoms with Gasteiger partial charge in [-0.3, -0.25) is 14.2 Å². The van der Waals surface area contributed by atoms with Crippen molar-refractivity contribution in [3.8, 4) is 5.75 Å². The molecule has 6 nitrogen and oxygen atoms in total. The SMILES string of the molecule is Cc1sc2ncn(CCC(=O)NC(C)COc3ccccc3F)c(=O)c2c1C. The zero-order valence-electron chi connectivity index (χ0n) is 16.0. The average molecular weight is 403 g/mol. The lowest BCUT2D eigenvalue weighted by molar-refractivity contribution is -0.122. The van der Waals surface area contributed by atoms with Crippen LogP contribution in [0.15, 0.2) is 35.4 Å². The predicted molar refractivity (Wildman–Crippen MR) is 107 cm³/mol. The number of ether oxygens (including phenoxy) is 1. The van der Waals surface area contributed by atoms with Crippen LogP contribution in [-0.2, 0) is 11.3 Å². The molecular weight excluding hydrogens is 381 g/mol. The minimum atomic E-state index is -0.442. The third-order valence-corrected chi connectivity index (χ3v) is 5.58. The summed E-state index contributed by atoms with van der Waals surface area (Å²) < 4.78 is 20.4. The summed E-state index contributed by atoms with van der Waals surface area (Å²) in [4.78, 5) is 30.9. The van der Waals surface area contributed by atoms with Gasteiger partial charge in [0.15, 0.2) is 11.6 Å². The second kappa shape index (κ2) is 8.52. The van der Waals surface area contributed by atoms with Gasteiger partial charge in [0.05, 0.1) is 17.8 Å². The largest absolute Gasteiger partial charge is 0.488 e. The van der Waals surface area contributed by atoms with Crippen LogP contribution in [0.4, 0.5) is 4.39 Å². The van der Waals surface area contributed by atoms with Crippen molar-refractivity contribution < 1.29 is 13.9 Å². The zero-order valence-corrected chi connectivity index (χ0v) is 16.8. The Hall–Kier alpha value is -2.74. The van der Waals surface area contributed by atoms with Gasteiger partial charge in [-0.15, -0.1) is 11.3 Å². The summed E-state index contributed by atoms with van der Waals surface area (Å²) in [5.74, 6) is -0.506. The Bertz CT molecular complexity index is 1060. The lowest BCUT2D eigenvalue weighted by Gasteiger charge is -2.15. The van der Waals surface area contributed by atoms with E-state index in [-0.39, 0.29) is 42.8 Å². The summed E-state index contributed by atoms with van der Waals surface area (Å²) in [6.07, 6.45) is 1.62. The van der Waals surface area contributed by atoms with E-state index in [1.165, 1.54) is 34.4 Å². The van der Waals surface area contributed by atoms with E-state index in [0.29, 0.717) is 5.39 Å². The fraction of sp³-hybridized carbons (Fsp3) is 0.350. The highest BCUT2D eigenvalue weighted by atomic mass is 32.1. The number of aromatic nitrogens is 2. The fourth-order valence-corrected chi connectivity index (χ4v) is 3.80. The number of nitrogens with one attached hydrogen (secondary N) is 1. The molecule has 0 fully saturated rings. The highest BCUT2D eigenvalue weighted by Crippen LogP contribution is 2.25. The Morgan fingerprint density at radius 2 is 2.11 bits per heavy atom. The number of halogens is 1. The minimum absolute atomic E-state index is 0.129. The summed E-state index contributed by atoms with van der Waals surface area (Å²) >= 11 is 1.49. The van der Waals surface area contributed by atoms with Crippen LogP contribution in [-0.4, -0.2) is 28.1 Å². The smallest absolute Gasteiger partial charge is 0.262 e. The van der Waals surface area contributed by atoms with E-state index in [0.717, 1.165) is 15.3 Å². The van der Waals surface area contributed by atoms with Crippen LogP contribution < -0.4 is 15.6 Å². The van der Waals surface area contributed by atoms with Gasteiger partial charge in [0.2, 0.25) is 5.91 Å². The molecule has 148 valence electrons. The first-order valence-electron chi connectivity index (χ1n) is 8.98. The maximum Gasteiger partial charge on any atom is 0.262 e. The first kappa shape index (κ1) is 20.0. The van der Waals surface area contributed by atoms with Crippen LogP contribution in [0, 0.1) is 19.7 Å². The Balaban J connectivity index is 1.55. The van der Waals surface area contributed by atoms with Crippen molar-refractivity contribution >= 4 is 27.5 Å². The van der Waals surface area contributed by atoms with E-state index < -0.39 is 5.82 Å². The molecule has 0 radical (unpaired) electrons. The normalized spacial score (nSPS) is 12.1. The number of amides is 1. The molecule has 1 unspecified atom stereocenters. The van der Waals surface area contributed by atoms with Crippen molar-refractivity contribution in [2.24, 2.45) is 0 Å². The van der Waals surface area contributed by atoms with E-state index >= 15 is 0 Å². The zero-order chi connectivity index (χ0) is 20.3. The summed E-state index contributed by atoms with van der Waals surface area (Å²) in [7, 11) is 0.